The van der Waals surface area contributed by atoms with Gasteiger partial charge in [-0.3, -0.25) is 0 Å². The molecule has 0 aromatic heterocycles. The number of carbonyl (C=O) groups excluding carboxylic acids is 1. The summed E-state index contributed by atoms with van der Waals surface area (Å²) in [6.45, 7) is 7.26. The van der Waals surface area contributed by atoms with Crippen LogP contribution in [0.25, 0.3) is 0 Å². The molecule has 1 fully saturated rings. The molecule has 3 rings (SSSR count). The number of para-hydroxylation sites is 1. The third kappa shape index (κ3) is 4.07. The summed E-state index contributed by atoms with van der Waals surface area (Å²) in [4.78, 5) is 16.8. The van der Waals surface area contributed by atoms with Crippen LogP contribution in [0.4, 0.5) is 16.2 Å². The van der Waals surface area contributed by atoms with Crippen molar-refractivity contribution in [3.8, 4) is 0 Å². The zero-order valence-corrected chi connectivity index (χ0v) is 15.5. The van der Waals surface area contributed by atoms with Crippen LogP contribution in [0.15, 0.2) is 42.5 Å². The maximum absolute atomic E-state index is 12.6. The number of nitrogens with zero attached hydrogens (tertiary/aromatic N) is 2. The number of nitrogens with one attached hydrogen (secondary N) is 1. The van der Waals surface area contributed by atoms with Crippen LogP contribution in [0.1, 0.15) is 18.1 Å². The van der Waals surface area contributed by atoms with Crippen LogP contribution in [0.2, 0.25) is 5.02 Å². The average Bonchev–Trinajstić information content (AvgIpc) is 2.64. The Bertz CT molecular complexity index is 754. The molecule has 1 N–H and O–H groups in total. The average molecular weight is 358 g/mol. The molecule has 2 aromatic rings. The van der Waals surface area contributed by atoms with Gasteiger partial charge in [-0.25, -0.2) is 4.79 Å². The molecule has 25 heavy (non-hydrogen) atoms. The van der Waals surface area contributed by atoms with Gasteiger partial charge >= 0.3 is 6.03 Å². The van der Waals surface area contributed by atoms with E-state index >= 15 is 0 Å². The number of rotatable bonds is 3. The Hall–Kier alpha value is -2.20. The van der Waals surface area contributed by atoms with Gasteiger partial charge in [0.1, 0.15) is 0 Å². The number of carbonyl (C=O) groups is 1. The fraction of sp³-hybridized carbons (Fsp3) is 0.350. The Morgan fingerprint density at radius 1 is 1.12 bits per heavy atom. The minimum absolute atomic E-state index is 0.0613. The van der Waals surface area contributed by atoms with E-state index in [1.165, 1.54) is 11.3 Å². The first-order chi connectivity index (χ1) is 12.1. The van der Waals surface area contributed by atoms with Gasteiger partial charge in [0.2, 0.25) is 0 Å². The Balaban J connectivity index is 1.62. The van der Waals surface area contributed by atoms with Crippen LogP contribution in [0, 0.1) is 6.92 Å². The largest absolute Gasteiger partial charge is 0.368 e. The van der Waals surface area contributed by atoms with Crippen molar-refractivity contribution < 1.29 is 4.79 Å². The van der Waals surface area contributed by atoms with Gasteiger partial charge < -0.3 is 15.1 Å². The molecule has 5 heteroatoms. The molecule has 1 saturated heterocycles. The highest BCUT2D eigenvalue weighted by Crippen LogP contribution is 2.23. The third-order valence-corrected chi connectivity index (χ3v) is 4.96. The van der Waals surface area contributed by atoms with Crippen LogP contribution < -0.4 is 10.2 Å². The predicted octanol–water partition coefficient (Wildman–Crippen LogP) is 4.56. The molecule has 0 aliphatic carbocycles. The van der Waals surface area contributed by atoms with Crippen molar-refractivity contribution in [2.45, 2.75) is 20.3 Å². The van der Waals surface area contributed by atoms with E-state index in [-0.39, 0.29) is 6.03 Å². The molecule has 2 aromatic carbocycles. The molecule has 0 unspecified atom stereocenters. The lowest BCUT2D eigenvalue weighted by Crippen LogP contribution is -2.50. The SMILES string of the molecule is CCc1ccccc1N1CCN(C(=O)Nc2cc(Cl)ccc2C)CC1. The normalized spacial score (nSPS) is 14.5. The summed E-state index contributed by atoms with van der Waals surface area (Å²) in [7, 11) is 0. The molecule has 0 saturated carbocycles. The van der Waals surface area contributed by atoms with E-state index in [0.717, 1.165) is 30.8 Å². The molecule has 1 aliphatic rings. The lowest BCUT2D eigenvalue weighted by molar-refractivity contribution is 0.208. The molecule has 0 atom stereocenters. The van der Waals surface area contributed by atoms with E-state index in [0.29, 0.717) is 18.1 Å². The van der Waals surface area contributed by atoms with Gasteiger partial charge in [0.05, 0.1) is 0 Å². The first kappa shape index (κ1) is 17.6. The first-order valence-corrected chi connectivity index (χ1v) is 9.11. The molecule has 0 radical (unpaired) electrons. The summed E-state index contributed by atoms with van der Waals surface area (Å²) in [6.07, 6.45) is 1.02. The van der Waals surface area contributed by atoms with Crippen molar-refractivity contribution in [2.24, 2.45) is 0 Å². The molecule has 1 heterocycles. The highest BCUT2D eigenvalue weighted by atomic mass is 35.5. The molecule has 0 bridgehead atoms. The predicted molar refractivity (Wildman–Crippen MR) is 105 cm³/mol. The standard InChI is InChI=1S/C20H24ClN3O/c1-3-16-6-4-5-7-19(16)23-10-12-24(13-11-23)20(25)22-18-14-17(21)9-8-15(18)2/h4-9,14H,3,10-13H2,1-2H3,(H,22,25). The van der Waals surface area contributed by atoms with Crippen LogP contribution in [0.3, 0.4) is 0 Å². The number of amides is 2. The maximum Gasteiger partial charge on any atom is 0.321 e. The molecule has 2 amide bonds. The summed E-state index contributed by atoms with van der Waals surface area (Å²) in [5.74, 6) is 0. The molecular formula is C20H24ClN3O. The minimum Gasteiger partial charge on any atom is -0.368 e. The lowest BCUT2D eigenvalue weighted by atomic mass is 10.1. The highest BCUT2D eigenvalue weighted by Gasteiger charge is 2.22. The molecule has 0 spiro atoms. The van der Waals surface area contributed by atoms with Crippen molar-refractivity contribution in [1.82, 2.24) is 4.90 Å². The fourth-order valence-electron chi connectivity index (χ4n) is 3.19. The minimum atomic E-state index is -0.0613. The molecular weight excluding hydrogens is 334 g/mol. The van der Waals surface area contributed by atoms with Gasteiger partial charge in [-0.05, 0) is 42.7 Å². The summed E-state index contributed by atoms with van der Waals surface area (Å²) < 4.78 is 0. The van der Waals surface area contributed by atoms with Gasteiger partial charge in [0.15, 0.2) is 0 Å². The van der Waals surface area contributed by atoms with Gasteiger partial charge in [0, 0.05) is 42.6 Å². The Kier molecular flexibility index (Phi) is 5.49. The Labute approximate surface area is 154 Å². The smallest absolute Gasteiger partial charge is 0.321 e. The number of urea groups is 1. The van der Waals surface area contributed by atoms with Crippen molar-refractivity contribution in [3.05, 3.63) is 58.6 Å². The van der Waals surface area contributed by atoms with Crippen LogP contribution in [0.5, 0.6) is 0 Å². The summed E-state index contributed by atoms with van der Waals surface area (Å²) in [5.41, 5.74) is 4.43. The van der Waals surface area contributed by atoms with Crippen molar-refractivity contribution in [1.29, 1.82) is 0 Å². The first-order valence-electron chi connectivity index (χ1n) is 8.73. The number of hydrogen-bond donors (Lipinski definition) is 1. The van der Waals surface area contributed by atoms with Crippen LogP contribution in [-0.2, 0) is 6.42 Å². The fourth-order valence-corrected chi connectivity index (χ4v) is 3.36. The van der Waals surface area contributed by atoms with Crippen molar-refractivity contribution in [2.75, 3.05) is 36.4 Å². The number of hydrogen-bond acceptors (Lipinski definition) is 2. The second-order valence-corrected chi connectivity index (χ2v) is 6.78. The van der Waals surface area contributed by atoms with Crippen molar-refractivity contribution in [3.63, 3.8) is 0 Å². The highest BCUT2D eigenvalue weighted by molar-refractivity contribution is 6.31. The number of piperazine rings is 1. The second kappa shape index (κ2) is 7.79. The lowest BCUT2D eigenvalue weighted by Gasteiger charge is -2.37. The Morgan fingerprint density at radius 2 is 1.84 bits per heavy atom. The number of halogens is 1. The molecule has 1 aliphatic heterocycles. The second-order valence-electron chi connectivity index (χ2n) is 6.35. The van der Waals surface area contributed by atoms with E-state index in [1.807, 2.05) is 24.0 Å². The number of anilines is 2. The van der Waals surface area contributed by atoms with E-state index in [4.69, 9.17) is 11.6 Å². The van der Waals surface area contributed by atoms with Crippen molar-refractivity contribution >= 4 is 29.0 Å². The number of aryl methyl sites for hydroxylation is 2. The summed E-state index contributed by atoms with van der Waals surface area (Å²) in [5, 5.41) is 3.61. The maximum atomic E-state index is 12.6. The van der Waals surface area contributed by atoms with Gasteiger partial charge in [0.25, 0.3) is 0 Å². The van der Waals surface area contributed by atoms with Crippen LogP contribution >= 0.6 is 11.6 Å². The van der Waals surface area contributed by atoms with Gasteiger partial charge in [-0.15, -0.1) is 0 Å². The molecule has 4 nitrogen and oxygen atoms in total. The van der Waals surface area contributed by atoms with E-state index in [2.05, 4.69) is 41.4 Å². The van der Waals surface area contributed by atoms with Crippen LogP contribution in [-0.4, -0.2) is 37.1 Å². The third-order valence-electron chi connectivity index (χ3n) is 4.72. The zero-order chi connectivity index (χ0) is 17.8. The Morgan fingerprint density at radius 3 is 2.56 bits per heavy atom. The van der Waals surface area contributed by atoms with Gasteiger partial charge in [-0.1, -0.05) is 42.8 Å². The number of benzene rings is 2. The van der Waals surface area contributed by atoms with E-state index in [9.17, 15) is 4.79 Å². The van der Waals surface area contributed by atoms with E-state index < -0.39 is 0 Å². The summed E-state index contributed by atoms with van der Waals surface area (Å²) in [6, 6.07) is 14.0. The van der Waals surface area contributed by atoms with Gasteiger partial charge in [-0.2, -0.15) is 0 Å². The molecule has 132 valence electrons. The zero-order valence-electron chi connectivity index (χ0n) is 14.8. The quantitative estimate of drug-likeness (QED) is 0.873. The van der Waals surface area contributed by atoms with E-state index in [1.54, 1.807) is 6.07 Å². The summed E-state index contributed by atoms with van der Waals surface area (Å²) >= 11 is 6.03. The monoisotopic (exact) mass is 357 g/mol. The topological polar surface area (TPSA) is 35.6 Å².